The number of likely N-dealkylation sites (N-methyl/N-ethyl adjacent to an activating group) is 1. The maximum Gasteiger partial charge on any atom is 0.294 e. The van der Waals surface area contributed by atoms with Crippen molar-refractivity contribution in [3.05, 3.63) is 35.4 Å². The molecule has 2 amide bonds. The van der Waals surface area contributed by atoms with Gasteiger partial charge in [0, 0.05) is 30.8 Å². The molecule has 1 rings (SSSR count). The third-order valence-electron chi connectivity index (χ3n) is 2.50. The molecule has 1 aromatic rings. The van der Waals surface area contributed by atoms with Crippen LogP contribution in [0.1, 0.15) is 41.5 Å². The average molecular weight is 276 g/mol. The molecule has 1 aromatic carbocycles. The number of rotatable bonds is 3. The van der Waals surface area contributed by atoms with Crippen molar-refractivity contribution in [1.82, 2.24) is 10.2 Å². The lowest BCUT2D eigenvalue weighted by Crippen LogP contribution is -2.40. The Balaban J connectivity index is 2.87. The molecule has 0 saturated carbocycles. The van der Waals surface area contributed by atoms with Gasteiger partial charge < -0.3 is 10.2 Å². The van der Waals surface area contributed by atoms with Crippen molar-refractivity contribution in [3.8, 4) is 0 Å². The number of nitrogens with one attached hydrogen (secondary N) is 1. The van der Waals surface area contributed by atoms with Crippen molar-refractivity contribution < 1.29 is 14.4 Å². The third kappa shape index (κ3) is 4.19. The van der Waals surface area contributed by atoms with E-state index in [0.717, 1.165) is 0 Å². The predicted octanol–water partition coefficient (Wildman–Crippen LogP) is 1.49. The van der Waals surface area contributed by atoms with Crippen molar-refractivity contribution >= 4 is 17.6 Å². The summed E-state index contributed by atoms with van der Waals surface area (Å²) in [6.45, 7) is 5.66. The third-order valence-corrected chi connectivity index (χ3v) is 2.50. The van der Waals surface area contributed by atoms with Gasteiger partial charge in [-0.3, -0.25) is 14.4 Å². The van der Waals surface area contributed by atoms with Crippen LogP contribution < -0.4 is 5.32 Å². The number of carbonyl (C=O) groups excluding carboxylic acids is 3. The molecular formula is C15H20N2O3. The topological polar surface area (TPSA) is 66.5 Å². The molecule has 0 aromatic heterocycles. The SMILES string of the molecule is CN(C)C(=O)C(=O)c1ccc(C(=O)NC(C)(C)C)cc1. The van der Waals surface area contributed by atoms with E-state index < -0.39 is 11.7 Å². The Bertz CT molecular complexity index is 525. The monoisotopic (exact) mass is 276 g/mol. The fourth-order valence-corrected chi connectivity index (χ4v) is 1.51. The number of hydrogen-bond acceptors (Lipinski definition) is 3. The van der Waals surface area contributed by atoms with E-state index in [-0.39, 0.29) is 17.0 Å². The molecule has 0 radical (unpaired) electrons. The van der Waals surface area contributed by atoms with E-state index in [4.69, 9.17) is 0 Å². The van der Waals surface area contributed by atoms with Gasteiger partial charge >= 0.3 is 0 Å². The summed E-state index contributed by atoms with van der Waals surface area (Å²) in [6, 6.07) is 6.05. The molecule has 20 heavy (non-hydrogen) atoms. The number of hydrogen-bond donors (Lipinski definition) is 1. The lowest BCUT2D eigenvalue weighted by molar-refractivity contribution is -0.124. The number of nitrogens with zero attached hydrogens (tertiary/aromatic N) is 1. The predicted molar refractivity (Wildman–Crippen MR) is 76.7 cm³/mol. The second-order valence-corrected chi connectivity index (χ2v) is 5.81. The van der Waals surface area contributed by atoms with Crippen LogP contribution in [-0.2, 0) is 4.79 Å². The Morgan fingerprint density at radius 1 is 0.950 bits per heavy atom. The molecule has 0 aliphatic carbocycles. The van der Waals surface area contributed by atoms with Gasteiger partial charge in [0.25, 0.3) is 11.8 Å². The Morgan fingerprint density at radius 2 is 1.40 bits per heavy atom. The maximum atomic E-state index is 11.9. The molecule has 5 nitrogen and oxygen atoms in total. The van der Waals surface area contributed by atoms with Gasteiger partial charge in [0.15, 0.2) is 0 Å². The highest BCUT2D eigenvalue weighted by Crippen LogP contribution is 2.08. The fourth-order valence-electron chi connectivity index (χ4n) is 1.51. The van der Waals surface area contributed by atoms with Gasteiger partial charge in [0.05, 0.1) is 0 Å². The highest BCUT2D eigenvalue weighted by molar-refractivity contribution is 6.42. The molecule has 108 valence electrons. The van der Waals surface area contributed by atoms with E-state index in [1.807, 2.05) is 20.8 Å². The first kappa shape index (κ1) is 15.9. The standard InChI is InChI=1S/C15H20N2O3/c1-15(2,3)16-13(19)11-8-6-10(7-9-11)12(18)14(20)17(4)5/h6-9H,1-5H3,(H,16,19). The van der Waals surface area contributed by atoms with Crippen LogP contribution in [-0.4, -0.2) is 42.1 Å². The van der Waals surface area contributed by atoms with Gasteiger partial charge in [0.2, 0.25) is 5.78 Å². The van der Waals surface area contributed by atoms with E-state index in [2.05, 4.69) is 5.32 Å². The Labute approximate surface area is 119 Å². The van der Waals surface area contributed by atoms with Crippen LogP contribution in [0.25, 0.3) is 0 Å². The van der Waals surface area contributed by atoms with E-state index in [1.165, 1.54) is 43.3 Å². The van der Waals surface area contributed by atoms with Gasteiger partial charge in [-0.15, -0.1) is 0 Å². The van der Waals surface area contributed by atoms with Crippen LogP contribution in [0.15, 0.2) is 24.3 Å². The molecule has 0 heterocycles. The fraction of sp³-hybridized carbons (Fsp3) is 0.400. The molecule has 0 aliphatic rings. The summed E-state index contributed by atoms with van der Waals surface area (Å²) in [4.78, 5) is 36.5. The van der Waals surface area contributed by atoms with E-state index in [1.54, 1.807) is 0 Å². The minimum atomic E-state index is -0.586. The summed E-state index contributed by atoms with van der Waals surface area (Å²) in [5, 5.41) is 2.83. The van der Waals surface area contributed by atoms with Gasteiger partial charge in [-0.05, 0) is 32.9 Å². The molecule has 0 unspecified atom stereocenters. The zero-order valence-electron chi connectivity index (χ0n) is 12.5. The first-order chi connectivity index (χ1) is 9.11. The Hall–Kier alpha value is -2.17. The quantitative estimate of drug-likeness (QED) is 0.672. The van der Waals surface area contributed by atoms with Crippen molar-refractivity contribution in [2.75, 3.05) is 14.1 Å². The minimum Gasteiger partial charge on any atom is -0.347 e. The molecule has 1 N–H and O–H groups in total. The largest absolute Gasteiger partial charge is 0.347 e. The number of amides is 2. The summed E-state index contributed by atoms with van der Waals surface area (Å²) in [6.07, 6.45) is 0. The summed E-state index contributed by atoms with van der Waals surface area (Å²) >= 11 is 0. The van der Waals surface area contributed by atoms with E-state index in [9.17, 15) is 14.4 Å². The Kier molecular flexibility index (Phi) is 4.65. The van der Waals surface area contributed by atoms with E-state index in [0.29, 0.717) is 5.56 Å². The first-order valence-electron chi connectivity index (χ1n) is 6.30. The zero-order chi connectivity index (χ0) is 15.5. The summed E-state index contributed by atoms with van der Waals surface area (Å²) in [7, 11) is 3.04. The molecule has 0 saturated heterocycles. The zero-order valence-corrected chi connectivity index (χ0v) is 12.5. The van der Waals surface area contributed by atoms with Gasteiger partial charge in [-0.1, -0.05) is 12.1 Å². The summed E-state index contributed by atoms with van der Waals surface area (Å²) in [5.41, 5.74) is 0.400. The van der Waals surface area contributed by atoms with Crippen LogP contribution >= 0.6 is 0 Å². The van der Waals surface area contributed by atoms with Crippen molar-refractivity contribution in [1.29, 1.82) is 0 Å². The average Bonchev–Trinajstić information content (AvgIpc) is 2.35. The van der Waals surface area contributed by atoms with Crippen LogP contribution in [0, 0.1) is 0 Å². The van der Waals surface area contributed by atoms with Gasteiger partial charge in [-0.25, -0.2) is 0 Å². The molecule has 0 bridgehead atoms. The molecule has 5 heteroatoms. The lowest BCUT2D eigenvalue weighted by atomic mass is 10.0. The number of benzene rings is 1. The van der Waals surface area contributed by atoms with Crippen LogP contribution in [0.4, 0.5) is 0 Å². The van der Waals surface area contributed by atoms with Crippen molar-refractivity contribution in [2.24, 2.45) is 0 Å². The highest BCUT2D eigenvalue weighted by atomic mass is 16.2. The second kappa shape index (κ2) is 5.86. The van der Waals surface area contributed by atoms with Gasteiger partial charge in [0.1, 0.15) is 0 Å². The molecule has 0 aliphatic heterocycles. The van der Waals surface area contributed by atoms with Crippen LogP contribution in [0.5, 0.6) is 0 Å². The number of carbonyl (C=O) groups is 3. The van der Waals surface area contributed by atoms with E-state index >= 15 is 0 Å². The molecule has 0 atom stereocenters. The second-order valence-electron chi connectivity index (χ2n) is 5.81. The molecule has 0 fully saturated rings. The number of ketones is 1. The molecular weight excluding hydrogens is 256 g/mol. The normalized spacial score (nSPS) is 10.8. The first-order valence-corrected chi connectivity index (χ1v) is 6.30. The minimum absolute atomic E-state index is 0.213. The summed E-state index contributed by atoms with van der Waals surface area (Å²) in [5.74, 6) is -1.38. The van der Waals surface area contributed by atoms with Crippen molar-refractivity contribution in [3.63, 3.8) is 0 Å². The highest BCUT2D eigenvalue weighted by Gasteiger charge is 2.19. The Morgan fingerprint density at radius 3 is 1.80 bits per heavy atom. The lowest BCUT2D eigenvalue weighted by Gasteiger charge is -2.20. The molecule has 0 spiro atoms. The summed E-state index contributed by atoms with van der Waals surface area (Å²) < 4.78 is 0. The van der Waals surface area contributed by atoms with Gasteiger partial charge in [-0.2, -0.15) is 0 Å². The maximum absolute atomic E-state index is 11.9. The van der Waals surface area contributed by atoms with Crippen molar-refractivity contribution in [2.45, 2.75) is 26.3 Å². The smallest absolute Gasteiger partial charge is 0.294 e. The van der Waals surface area contributed by atoms with Crippen LogP contribution in [0.2, 0.25) is 0 Å². The number of Topliss-reactive ketones (excluding diaryl/α,β-unsaturated/α-hetero) is 1. The van der Waals surface area contributed by atoms with Crippen LogP contribution in [0.3, 0.4) is 0 Å².